The van der Waals surface area contributed by atoms with Crippen molar-refractivity contribution in [2.24, 2.45) is 0 Å². The number of hydrogen-bond acceptors (Lipinski definition) is 4. The first-order valence-corrected chi connectivity index (χ1v) is 5.90. The van der Waals surface area contributed by atoms with Gasteiger partial charge in [0.1, 0.15) is 5.82 Å². The summed E-state index contributed by atoms with van der Waals surface area (Å²) in [5.41, 5.74) is 6.39. The Morgan fingerprint density at radius 3 is 2.84 bits per heavy atom. The van der Waals surface area contributed by atoms with Gasteiger partial charge in [-0.15, -0.1) is 0 Å². The third-order valence-corrected chi connectivity index (χ3v) is 3.09. The maximum absolute atomic E-state index is 11.8. The van der Waals surface area contributed by atoms with Gasteiger partial charge in [-0.1, -0.05) is 6.07 Å². The highest BCUT2D eigenvalue weighted by Crippen LogP contribution is 2.24. The zero-order chi connectivity index (χ0) is 13.4. The second-order valence-corrected chi connectivity index (χ2v) is 4.40. The number of anilines is 2. The second-order valence-electron chi connectivity index (χ2n) is 4.40. The topological polar surface area (TPSA) is 88.3 Å². The van der Waals surface area contributed by atoms with E-state index < -0.39 is 6.03 Å². The molecule has 19 heavy (non-hydrogen) atoms. The highest BCUT2D eigenvalue weighted by Gasteiger charge is 2.24. The molecule has 0 spiro atoms. The number of carbonyl (C=O) groups is 2. The number of nitrogens with one attached hydrogen (secondary N) is 1. The lowest BCUT2D eigenvalue weighted by atomic mass is 10.1. The van der Waals surface area contributed by atoms with Crippen LogP contribution in [0.5, 0.6) is 0 Å². The number of benzene rings is 1. The Morgan fingerprint density at radius 1 is 1.21 bits per heavy atom. The number of imide groups is 1. The van der Waals surface area contributed by atoms with Crippen LogP contribution in [0.25, 0.3) is 10.8 Å². The fourth-order valence-electron chi connectivity index (χ4n) is 2.12. The van der Waals surface area contributed by atoms with E-state index >= 15 is 0 Å². The average Bonchev–Trinajstić information content (AvgIpc) is 2.38. The number of nitrogen functional groups attached to an aromatic ring is 1. The molecule has 1 aliphatic heterocycles. The normalized spacial score (nSPS) is 15.7. The number of carbonyl (C=O) groups excluding carboxylic acids is 2. The van der Waals surface area contributed by atoms with Gasteiger partial charge < -0.3 is 5.73 Å². The lowest BCUT2D eigenvalue weighted by Gasteiger charge is -2.26. The van der Waals surface area contributed by atoms with Crippen molar-refractivity contribution in [3.63, 3.8) is 0 Å². The van der Waals surface area contributed by atoms with Gasteiger partial charge in [-0.25, -0.2) is 9.78 Å². The van der Waals surface area contributed by atoms with Gasteiger partial charge in [0, 0.05) is 30.2 Å². The molecule has 0 radical (unpaired) electrons. The second kappa shape index (κ2) is 4.24. The molecule has 1 aromatic heterocycles. The first-order chi connectivity index (χ1) is 9.13. The molecule has 2 aromatic rings. The Labute approximate surface area is 109 Å². The molecule has 3 N–H and O–H groups in total. The van der Waals surface area contributed by atoms with Crippen LogP contribution in [-0.2, 0) is 4.79 Å². The fraction of sp³-hybridized carbons (Fsp3) is 0.154. The summed E-state index contributed by atoms with van der Waals surface area (Å²) >= 11 is 0. The number of urea groups is 1. The van der Waals surface area contributed by atoms with Gasteiger partial charge >= 0.3 is 6.03 Å². The van der Waals surface area contributed by atoms with E-state index in [1.54, 1.807) is 12.3 Å². The van der Waals surface area contributed by atoms with E-state index in [9.17, 15) is 9.59 Å². The predicted octanol–water partition coefficient (Wildman–Crippen LogP) is 1.26. The first-order valence-electron chi connectivity index (χ1n) is 5.90. The summed E-state index contributed by atoms with van der Waals surface area (Å²) in [6, 6.07) is 6.93. The number of aromatic nitrogens is 1. The quantitative estimate of drug-likeness (QED) is 0.804. The number of pyridine rings is 1. The molecule has 1 aliphatic rings. The molecular weight excluding hydrogens is 244 g/mol. The van der Waals surface area contributed by atoms with Crippen LogP contribution >= 0.6 is 0 Å². The Kier molecular flexibility index (Phi) is 2.56. The van der Waals surface area contributed by atoms with Crippen LogP contribution in [0.4, 0.5) is 16.3 Å². The van der Waals surface area contributed by atoms with Gasteiger partial charge in [-0.2, -0.15) is 0 Å². The summed E-state index contributed by atoms with van der Waals surface area (Å²) in [5, 5.41) is 4.16. The maximum Gasteiger partial charge on any atom is 0.328 e. The Hall–Kier alpha value is -2.63. The van der Waals surface area contributed by atoms with Gasteiger partial charge in [-0.05, 0) is 23.6 Å². The zero-order valence-corrected chi connectivity index (χ0v) is 10.1. The molecule has 0 saturated carbocycles. The lowest BCUT2D eigenvalue weighted by molar-refractivity contribution is -0.120. The Bertz CT molecular complexity index is 683. The van der Waals surface area contributed by atoms with Gasteiger partial charge in [0.15, 0.2) is 0 Å². The van der Waals surface area contributed by atoms with Gasteiger partial charge in [0.25, 0.3) is 0 Å². The molecule has 0 aliphatic carbocycles. The van der Waals surface area contributed by atoms with Crippen LogP contribution in [0.3, 0.4) is 0 Å². The van der Waals surface area contributed by atoms with Crippen LogP contribution in [-0.4, -0.2) is 23.5 Å². The number of amides is 3. The summed E-state index contributed by atoms with van der Waals surface area (Å²) < 4.78 is 0. The van der Waals surface area contributed by atoms with Gasteiger partial charge in [0.2, 0.25) is 5.91 Å². The van der Waals surface area contributed by atoms with Crippen LogP contribution in [0.2, 0.25) is 0 Å². The molecule has 0 bridgehead atoms. The fourth-order valence-corrected chi connectivity index (χ4v) is 2.12. The largest absolute Gasteiger partial charge is 0.384 e. The molecule has 96 valence electrons. The third kappa shape index (κ3) is 2.08. The van der Waals surface area contributed by atoms with Crippen molar-refractivity contribution in [2.45, 2.75) is 6.42 Å². The minimum absolute atomic E-state index is 0.240. The van der Waals surface area contributed by atoms with Crippen molar-refractivity contribution in [2.75, 3.05) is 17.2 Å². The van der Waals surface area contributed by atoms with E-state index in [2.05, 4.69) is 10.3 Å². The standard InChI is InChI=1S/C13H12N4O2/c14-11-6-9-5-10(2-1-8(9)7-15-11)17-4-3-12(18)16-13(17)19/h1-2,5-7H,3-4H2,(H2,14,15)(H,16,18,19). The smallest absolute Gasteiger partial charge is 0.328 e. The number of hydrogen-bond donors (Lipinski definition) is 2. The lowest BCUT2D eigenvalue weighted by Crippen LogP contribution is -2.49. The molecule has 6 nitrogen and oxygen atoms in total. The first kappa shape index (κ1) is 11.5. The van der Waals surface area contributed by atoms with E-state index in [-0.39, 0.29) is 5.91 Å². The van der Waals surface area contributed by atoms with E-state index in [1.165, 1.54) is 4.90 Å². The number of rotatable bonds is 1. The Morgan fingerprint density at radius 2 is 2.05 bits per heavy atom. The number of fused-ring (bicyclic) bond motifs is 1. The summed E-state index contributed by atoms with van der Waals surface area (Å²) in [6.07, 6.45) is 2.00. The van der Waals surface area contributed by atoms with E-state index in [0.717, 1.165) is 16.5 Å². The monoisotopic (exact) mass is 256 g/mol. The molecule has 0 unspecified atom stereocenters. The van der Waals surface area contributed by atoms with Gasteiger partial charge in [-0.3, -0.25) is 15.0 Å². The highest BCUT2D eigenvalue weighted by atomic mass is 16.2. The minimum atomic E-state index is -0.391. The molecule has 3 amide bonds. The zero-order valence-electron chi connectivity index (χ0n) is 10.1. The SMILES string of the molecule is Nc1cc2cc(N3CCC(=O)NC3=O)ccc2cn1. The maximum atomic E-state index is 11.8. The Balaban J connectivity index is 2.01. The average molecular weight is 256 g/mol. The molecule has 6 heteroatoms. The third-order valence-electron chi connectivity index (χ3n) is 3.09. The van der Waals surface area contributed by atoms with Crippen molar-refractivity contribution >= 4 is 34.2 Å². The highest BCUT2D eigenvalue weighted by molar-refractivity contribution is 6.06. The van der Waals surface area contributed by atoms with Crippen molar-refractivity contribution in [3.8, 4) is 0 Å². The molecule has 1 saturated heterocycles. The van der Waals surface area contributed by atoms with Crippen LogP contribution < -0.4 is 16.0 Å². The van der Waals surface area contributed by atoms with E-state index in [4.69, 9.17) is 5.73 Å². The van der Waals surface area contributed by atoms with Crippen molar-refractivity contribution in [1.82, 2.24) is 10.3 Å². The summed E-state index contributed by atoms with van der Waals surface area (Å²) in [6.45, 7) is 0.386. The molecular formula is C13H12N4O2. The van der Waals surface area contributed by atoms with Crippen LogP contribution in [0, 0.1) is 0 Å². The molecule has 1 aromatic carbocycles. The summed E-state index contributed by atoms with van der Waals surface area (Å²) in [7, 11) is 0. The minimum Gasteiger partial charge on any atom is -0.384 e. The van der Waals surface area contributed by atoms with Crippen molar-refractivity contribution in [1.29, 1.82) is 0 Å². The summed E-state index contributed by atoms with van der Waals surface area (Å²) in [4.78, 5) is 28.4. The molecule has 0 atom stereocenters. The molecule has 1 fully saturated rings. The molecule has 2 heterocycles. The number of nitrogens with zero attached hydrogens (tertiary/aromatic N) is 2. The van der Waals surface area contributed by atoms with Gasteiger partial charge in [0.05, 0.1) is 0 Å². The molecule has 3 rings (SSSR count). The van der Waals surface area contributed by atoms with Crippen LogP contribution in [0.1, 0.15) is 6.42 Å². The van der Waals surface area contributed by atoms with E-state index in [1.807, 2.05) is 18.2 Å². The van der Waals surface area contributed by atoms with E-state index in [0.29, 0.717) is 18.8 Å². The number of nitrogens with two attached hydrogens (primary N) is 1. The predicted molar refractivity (Wildman–Crippen MR) is 71.7 cm³/mol. The summed E-state index contributed by atoms with van der Waals surface area (Å²) in [5.74, 6) is 0.193. The van der Waals surface area contributed by atoms with Crippen LogP contribution in [0.15, 0.2) is 30.5 Å². The van der Waals surface area contributed by atoms with Crippen molar-refractivity contribution in [3.05, 3.63) is 30.5 Å². The van der Waals surface area contributed by atoms with Crippen molar-refractivity contribution < 1.29 is 9.59 Å².